The van der Waals surface area contributed by atoms with Gasteiger partial charge in [0.25, 0.3) is 0 Å². The van der Waals surface area contributed by atoms with Crippen LogP contribution in [0.3, 0.4) is 0 Å². The maximum atomic E-state index is 10.8. The van der Waals surface area contributed by atoms with Crippen LogP contribution in [0.25, 0.3) is 0 Å². The minimum atomic E-state index is -0.820. The van der Waals surface area contributed by atoms with Gasteiger partial charge in [-0.2, -0.15) is 0 Å². The molecular formula is C8H10N2O3. The van der Waals surface area contributed by atoms with Gasteiger partial charge in [-0.15, -0.1) is 0 Å². The zero-order valence-electron chi connectivity index (χ0n) is 6.93. The fraction of sp³-hybridized carbons (Fsp3) is 0.500. The fourth-order valence-corrected chi connectivity index (χ4v) is 1.55. The van der Waals surface area contributed by atoms with Crippen molar-refractivity contribution in [1.82, 2.24) is 9.97 Å². The van der Waals surface area contributed by atoms with Gasteiger partial charge in [-0.3, -0.25) is 4.79 Å². The van der Waals surface area contributed by atoms with Crippen molar-refractivity contribution >= 4 is 5.97 Å². The van der Waals surface area contributed by atoms with Gasteiger partial charge in [0.05, 0.1) is 5.92 Å². The minimum Gasteiger partial charge on any atom is -0.481 e. The number of carboxylic acids is 1. The molecule has 1 aromatic heterocycles. The molecule has 0 radical (unpaired) electrons. The van der Waals surface area contributed by atoms with Gasteiger partial charge >= 0.3 is 5.97 Å². The molecule has 0 saturated carbocycles. The maximum Gasteiger partial charge on any atom is 0.309 e. The summed E-state index contributed by atoms with van der Waals surface area (Å²) in [5.41, 5.74) is 0. The number of hydrogen-bond acceptors (Lipinski definition) is 3. The molecule has 1 aliphatic rings. The van der Waals surface area contributed by atoms with Gasteiger partial charge in [0.15, 0.2) is 0 Å². The van der Waals surface area contributed by atoms with Crippen LogP contribution in [-0.2, 0) is 9.53 Å². The molecule has 0 unspecified atom stereocenters. The van der Waals surface area contributed by atoms with E-state index in [-0.39, 0.29) is 0 Å². The van der Waals surface area contributed by atoms with Gasteiger partial charge in [0.1, 0.15) is 11.9 Å². The molecule has 2 rings (SSSR count). The molecule has 2 heterocycles. The predicted molar refractivity (Wildman–Crippen MR) is 43.0 cm³/mol. The Morgan fingerprint density at radius 1 is 1.77 bits per heavy atom. The summed E-state index contributed by atoms with van der Waals surface area (Å²) in [5.74, 6) is -0.685. The van der Waals surface area contributed by atoms with E-state index in [4.69, 9.17) is 9.84 Å². The summed E-state index contributed by atoms with van der Waals surface area (Å²) in [6, 6.07) is 0. The number of aromatic nitrogens is 2. The summed E-state index contributed by atoms with van der Waals surface area (Å²) in [4.78, 5) is 17.6. The summed E-state index contributed by atoms with van der Waals surface area (Å²) in [6.07, 6.45) is 3.40. The van der Waals surface area contributed by atoms with Crippen molar-refractivity contribution in [1.29, 1.82) is 0 Å². The Hall–Kier alpha value is -1.36. The molecule has 1 fully saturated rings. The number of aromatic amines is 1. The minimum absolute atomic E-state index is 0.410. The largest absolute Gasteiger partial charge is 0.481 e. The third-order valence-electron chi connectivity index (χ3n) is 2.20. The van der Waals surface area contributed by atoms with Crippen molar-refractivity contribution < 1.29 is 14.6 Å². The molecule has 13 heavy (non-hydrogen) atoms. The van der Waals surface area contributed by atoms with Crippen molar-refractivity contribution in [3.8, 4) is 0 Å². The molecule has 2 atom stereocenters. The van der Waals surface area contributed by atoms with Crippen LogP contribution in [0.5, 0.6) is 0 Å². The molecule has 1 aromatic rings. The first kappa shape index (κ1) is 8.25. The lowest BCUT2D eigenvalue weighted by atomic mass is 10.0. The van der Waals surface area contributed by atoms with Crippen molar-refractivity contribution in [2.24, 2.45) is 5.92 Å². The first-order valence-electron chi connectivity index (χ1n) is 4.12. The Morgan fingerprint density at radius 3 is 3.23 bits per heavy atom. The molecule has 70 valence electrons. The summed E-state index contributed by atoms with van der Waals surface area (Å²) >= 11 is 0. The highest BCUT2D eigenvalue weighted by molar-refractivity contribution is 5.71. The van der Waals surface area contributed by atoms with E-state index in [9.17, 15) is 4.79 Å². The van der Waals surface area contributed by atoms with Crippen molar-refractivity contribution in [2.75, 3.05) is 6.61 Å². The van der Waals surface area contributed by atoms with E-state index in [0.717, 1.165) is 0 Å². The van der Waals surface area contributed by atoms with Crippen LogP contribution in [0, 0.1) is 5.92 Å². The molecule has 0 spiro atoms. The fourth-order valence-electron chi connectivity index (χ4n) is 1.55. The van der Waals surface area contributed by atoms with Crippen LogP contribution >= 0.6 is 0 Å². The van der Waals surface area contributed by atoms with Crippen LogP contribution in [0.15, 0.2) is 12.4 Å². The number of nitrogens with one attached hydrogen (secondary N) is 1. The molecule has 0 bridgehead atoms. The molecular weight excluding hydrogens is 172 g/mol. The van der Waals surface area contributed by atoms with E-state index >= 15 is 0 Å². The normalized spacial score (nSPS) is 27.7. The lowest BCUT2D eigenvalue weighted by molar-refractivity contribution is -0.143. The van der Waals surface area contributed by atoms with Gasteiger partial charge in [0.2, 0.25) is 0 Å². The lowest BCUT2D eigenvalue weighted by Gasteiger charge is -2.11. The molecule has 0 aromatic carbocycles. The molecule has 5 nitrogen and oxygen atoms in total. The van der Waals surface area contributed by atoms with Gasteiger partial charge in [-0.25, -0.2) is 4.98 Å². The zero-order valence-corrected chi connectivity index (χ0v) is 6.93. The number of carbonyl (C=O) groups is 1. The topological polar surface area (TPSA) is 75.2 Å². The van der Waals surface area contributed by atoms with Crippen LogP contribution in [0.4, 0.5) is 0 Å². The average Bonchev–Trinajstić information content (AvgIpc) is 2.74. The van der Waals surface area contributed by atoms with Crippen molar-refractivity contribution in [3.05, 3.63) is 18.2 Å². The summed E-state index contributed by atoms with van der Waals surface area (Å²) in [5, 5.41) is 8.86. The third-order valence-corrected chi connectivity index (χ3v) is 2.20. The first-order chi connectivity index (χ1) is 6.29. The standard InChI is InChI=1S/C8H10N2O3/c11-8(12)5-1-4-13-6(5)7-9-2-3-10-7/h2-3,5-6H,1,4H2,(H,9,10)(H,11,12)/t5-,6-/m1/s1. The number of rotatable bonds is 2. The molecule has 1 saturated heterocycles. The Bertz CT molecular complexity index is 296. The number of aliphatic carboxylic acids is 1. The quantitative estimate of drug-likeness (QED) is 0.701. The predicted octanol–water partition coefficient (Wildman–Crippen LogP) is 0.572. The van der Waals surface area contributed by atoms with E-state index in [1.165, 1.54) is 0 Å². The lowest BCUT2D eigenvalue weighted by Crippen LogP contribution is -2.18. The van der Waals surface area contributed by atoms with Crippen LogP contribution in [0.2, 0.25) is 0 Å². The summed E-state index contributed by atoms with van der Waals surface area (Å²) in [6.45, 7) is 0.488. The monoisotopic (exact) mass is 182 g/mol. The maximum absolute atomic E-state index is 10.8. The smallest absolute Gasteiger partial charge is 0.309 e. The number of hydrogen-bond donors (Lipinski definition) is 2. The van der Waals surface area contributed by atoms with Crippen molar-refractivity contribution in [3.63, 3.8) is 0 Å². The zero-order chi connectivity index (χ0) is 9.26. The summed E-state index contributed by atoms with van der Waals surface area (Å²) < 4.78 is 5.30. The van der Waals surface area contributed by atoms with Crippen molar-refractivity contribution in [2.45, 2.75) is 12.5 Å². The highest BCUT2D eigenvalue weighted by atomic mass is 16.5. The number of imidazole rings is 1. The average molecular weight is 182 g/mol. The van der Waals surface area contributed by atoms with E-state index in [2.05, 4.69) is 9.97 Å². The summed E-state index contributed by atoms with van der Waals surface area (Å²) in [7, 11) is 0. The Morgan fingerprint density at radius 2 is 2.62 bits per heavy atom. The molecule has 0 amide bonds. The molecule has 2 N–H and O–H groups in total. The highest BCUT2D eigenvalue weighted by Gasteiger charge is 2.36. The van der Waals surface area contributed by atoms with Gasteiger partial charge in [0, 0.05) is 19.0 Å². The second kappa shape index (κ2) is 3.18. The van der Waals surface area contributed by atoms with Crippen LogP contribution in [0.1, 0.15) is 18.3 Å². The Labute approximate surface area is 74.7 Å². The second-order valence-corrected chi connectivity index (χ2v) is 3.00. The van der Waals surface area contributed by atoms with E-state index in [0.29, 0.717) is 18.9 Å². The van der Waals surface area contributed by atoms with Gasteiger partial charge in [-0.05, 0) is 6.42 Å². The Kier molecular flexibility index (Phi) is 2.02. The SMILES string of the molecule is O=C(O)[C@@H]1CCO[C@H]1c1ncc[nH]1. The van der Waals surface area contributed by atoms with Crippen LogP contribution < -0.4 is 0 Å². The molecule has 5 heteroatoms. The number of ether oxygens (including phenoxy) is 1. The molecule has 0 aliphatic carbocycles. The van der Waals surface area contributed by atoms with E-state index in [1.54, 1.807) is 12.4 Å². The van der Waals surface area contributed by atoms with E-state index < -0.39 is 18.0 Å². The van der Waals surface area contributed by atoms with Gasteiger partial charge < -0.3 is 14.8 Å². The van der Waals surface area contributed by atoms with E-state index in [1.807, 2.05) is 0 Å². The number of carboxylic acid groups (broad SMARTS) is 1. The number of nitrogens with zero attached hydrogens (tertiary/aromatic N) is 1. The van der Waals surface area contributed by atoms with Crippen LogP contribution in [-0.4, -0.2) is 27.7 Å². The molecule has 1 aliphatic heterocycles. The second-order valence-electron chi connectivity index (χ2n) is 3.00. The first-order valence-corrected chi connectivity index (χ1v) is 4.12. The Balaban J connectivity index is 2.19. The van der Waals surface area contributed by atoms with Gasteiger partial charge in [-0.1, -0.05) is 0 Å². The highest BCUT2D eigenvalue weighted by Crippen LogP contribution is 2.32. The number of H-pyrrole nitrogens is 1. The third kappa shape index (κ3) is 1.42.